The van der Waals surface area contributed by atoms with Gasteiger partial charge in [0.05, 0.1) is 7.11 Å². The highest BCUT2D eigenvalue weighted by molar-refractivity contribution is 5.94. The maximum atomic E-state index is 11.6. The van der Waals surface area contributed by atoms with Crippen molar-refractivity contribution in [1.29, 1.82) is 0 Å². The standard InChI is InChI=1S/C15H21NO3/c1-9-6-10(2)12(4)13(11(9)3)8-16-14(17)7-15(18)19-5/h6H,7-8H2,1-5H3,(H,16,17). The van der Waals surface area contributed by atoms with Gasteiger partial charge < -0.3 is 10.1 Å². The van der Waals surface area contributed by atoms with Crippen molar-refractivity contribution in [1.82, 2.24) is 5.32 Å². The molecule has 0 aliphatic rings. The molecule has 1 amide bonds. The van der Waals surface area contributed by atoms with Gasteiger partial charge in [0, 0.05) is 6.54 Å². The molecule has 1 N–H and O–H groups in total. The van der Waals surface area contributed by atoms with Gasteiger partial charge in [-0.15, -0.1) is 0 Å². The number of methoxy groups -OCH3 is 1. The van der Waals surface area contributed by atoms with E-state index in [4.69, 9.17) is 0 Å². The summed E-state index contributed by atoms with van der Waals surface area (Å²) in [6, 6.07) is 2.14. The summed E-state index contributed by atoms with van der Waals surface area (Å²) in [6.07, 6.45) is -0.237. The van der Waals surface area contributed by atoms with E-state index in [1.807, 2.05) is 13.8 Å². The first kappa shape index (κ1) is 15.2. The van der Waals surface area contributed by atoms with Crippen LogP contribution >= 0.6 is 0 Å². The number of rotatable bonds is 4. The van der Waals surface area contributed by atoms with Gasteiger partial charge in [0.1, 0.15) is 6.42 Å². The first-order valence-electron chi connectivity index (χ1n) is 6.26. The fourth-order valence-electron chi connectivity index (χ4n) is 2.02. The Morgan fingerprint density at radius 2 is 1.63 bits per heavy atom. The molecule has 0 unspecified atom stereocenters. The van der Waals surface area contributed by atoms with Crippen molar-refractivity contribution in [2.24, 2.45) is 0 Å². The third kappa shape index (κ3) is 3.81. The molecule has 1 aromatic carbocycles. The third-order valence-corrected chi connectivity index (χ3v) is 3.52. The van der Waals surface area contributed by atoms with Crippen molar-refractivity contribution >= 4 is 11.9 Å². The summed E-state index contributed by atoms with van der Waals surface area (Å²) >= 11 is 0. The summed E-state index contributed by atoms with van der Waals surface area (Å²) in [7, 11) is 1.27. The zero-order valence-electron chi connectivity index (χ0n) is 12.2. The number of aryl methyl sites for hydroxylation is 2. The number of esters is 1. The van der Waals surface area contributed by atoms with Crippen LogP contribution in [0.5, 0.6) is 0 Å². The lowest BCUT2D eigenvalue weighted by Gasteiger charge is -2.15. The molecule has 19 heavy (non-hydrogen) atoms. The van der Waals surface area contributed by atoms with Crippen LogP contribution in [0.3, 0.4) is 0 Å². The van der Waals surface area contributed by atoms with Crippen LogP contribution in [0.4, 0.5) is 0 Å². The van der Waals surface area contributed by atoms with E-state index in [1.54, 1.807) is 0 Å². The molecule has 1 aromatic rings. The topological polar surface area (TPSA) is 55.4 Å². The first-order chi connectivity index (χ1) is 8.86. The zero-order valence-corrected chi connectivity index (χ0v) is 12.2. The van der Waals surface area contributed by atoms with E-state index in [9.17, 15) is 9.59 Å². The largest absolute Gasteiger partial charge is 0.469 e. The monoisotopic (exact) mass is 263 g/mol. The van der Waals surface area contributed by atoms with Gasteiger partial charge in [-0.3, -0.25) is 9.59 Å². The molecule has 4 nitrogen and oxygen atoms in total. The second-order valence-corrected chi connectivity index (χ2v) is 4.77. The molecular formula is C15H21NO3. The first-order valence-corrected chi connectivity index (χ1v) is 6.26. The molecule has 0 aliphatic carbocycles. The Labute approximate surface area is 114 Å². The number of benzene rings is 1. The van der Waals surface area contributed by atoms with Crippen molar-refractivity contribution < 1.29 is 14.3 Å². The molecule has 0 bridgehead atoms. The van der Waals surface area contributed by atoms with Gasteiger partial charge in [-0.25, -0.2) is 0 Å². The van der Waals surface area contributed by atoms with Crippen molar-refractivity contribution in [2.45, 2.75) is 40.7 Å². The Bertz CT molecular complexity index is 480. The molecular weight excluding hydrogens is 242 g/mol. The Balaban J connectivity index is 2.78. The predicted octanol–water partition coefficient (Wildman–Crippen LogP) is 2.10. The van der Waals surface area contributed by atoms with Crippen LogP contribution < -0.4 is 5.32 Å². The van der Waals surface area contributed by atoms with Gasteiger partial charge in [0.25, 0.3) is 0 Å². The summed E-state index contributed by atoms with van der Waals surface area (Å²) in [6.45, 7) is 8.65. The minimum atomic E-state index is -0.522. The van der Waals surface area contributed by atoms with E-state index in [2.05, 4.69) is 30.0 Å². The molecule has 0 fully saturated rings. The van der Waals surface area contributed by atoms with Crippen LogP contribution in [-0.4, -0.2) is 19.0 Å². The van der Waals surface area contributed by atoms with E-state index in [0.29, 0.717) is 6.54 Å². The SMILES string of the molecule is COC(=O)CC(=O)NCc1c(C)c(C)cc(C)c1C. The van der Waals surface area contributed by atoms with Crippen LogP contribution in [0.1, 0.15) is 34.2 Å². The van der Waals surface area contributed by atoms with Crippen LogP contribution in [0.15, 0.2) is 6.07 Å². The summed E-state index contributed by atoms with van der Waals surface area (Å²) in [4.78, 5) is 22.6. The average Bonchev–Trinajstić information content (AvgIpc) is 2.36. The van der Waals surface area contributed by atoms with Gasteiger partial charge >= 0.3 is 5.97 Å². The molecule has 104 valence electrons. The van der Waals surface area contributed by atoms with Crippen LogP contribution in [0.2, 0.25) is 0 Å². The summed E-state index contributed by atoms with van der Waals surface area (Å²) < 4.78 is 4.46. The summed E-state index contributed by atoms with van der Waals surface area (Å²) in [5.41, 5.74) is 5.90. The number of hydrogen-bond donors (Lipinski definition) is 1. The highest BCUT2D eigenvalue weighted by Gasteiger charge is 2.12. The normalized spacial score (nSPS) is 10.2. The predicted molar refractivity (Wildman–Crippen MR) is 73.9 cm³/mol. The van der Waals surface area contributed by atoms with E-state index < -0.39 is 5.97 Å². The van der Waals surface area contributed by atoms with E-state index in [1.165, 1.54) is 29.4 Å². The smallest absolute Gasteiger partial charge is 0.315 e. The van der Waals surface area contributed by atoms with Crippen molar-refractivity contribution in [3.63, 3.8) is 0 Å². The number of amides is 1. The lowest BCUT2D eigenvalue weighted by atomic mass is 9.94. The number of nitrogens with one attached hydrogen (secondary N) is 1. The summed E-state index contributed by atoms with van der Waals surface area (Å²) in [5.74, 6) is -0.837. The van der Waals surface area contributed by atoms with Crippen LogP contribution in [-0.2, 0) is 20.9 Å². The lowest BCUT2D eigenvalue weighted by molar-refractivity contribution is -0.143. The number of ether oxygens (including phenoxy) is 1. The highest BCUT2D eigenvalue weighted by atomic mass is 16.5. The van der Waals surface area contributed by atoms with Gasteiger partial charge in [-0.1, -0.05) is 6.07 Å². The fraction of sp³-hybridized carbons (Fsp3) is 0.467. The molecule has 0 aromatic heterocycles. The molecule has 0 saturated heterocycles. The zero-order chi connectivity index (χ0) is 14.6. The van der Waals surface area contributed by atoms with Gasteiger partial charge in [0.2, 0.25) is 5.91 Å². The maximum absolute atomic E-state index is 11.6. The Hall–Kier alpha value is -1.84. The third-order valence-electron chi connectivity index (χ3n) is 3.52. The number of carbonyl (C=O) groups excluding carboxylic acids is 2. The van der Waals surface area contributed by atoms with E-state index >= 15 is 0 Å². The minimum Gasteiger partial charge on any atom is -0.469 e. The van der Waals surface area contributed by atoms with Gasteiger partial charge in [0.15, 0.2) is 0 Å². The molecule has 0 atom stereocenters. The minimum absolute atomic E-state index is 0.237. The number of carbonyl (C=O) groups is 2. The Kier molecular flexibility index (Phi) is 5.10. The quantitative estimate of drug-likeness (QED) is 0.668. The van der Waals surface area contributed by atoms with E-state index in [0.717, 1.165) is 5.56 Å². The van der Waals surface area contributed by atoms with Gasteiger partial charge in [-0.05, 0) is 55.5 Å². The molecule has 0 saturated carbocycles. The molecule has 0 aliphatic heterocycles. The average molecular weight is 263 g/mol. The molecule has 0 spiro atoms. The maximum Gasteiger partial charge on any atom is 0.315 e. The van der Waals surface area contributed by atoms with Gasteiger partial charge in [-0.2, -0.15) is 0 Å². The molecule has 0 heterocycles. The molecule has 4 heteroatoms. The van der Waals surface area contributed by atoms with Crippen LogP contribution in [0, 0.1) is 27.7 Å². The second-order valence-electron chi connectivity index (χ2n) is 4.77. The van der Waals surface area contributed by atoms with Crippen molar-refractivity contribution in [3.8, 4) is 0 Å². The Morgan fingerprint density at radius 3 is 2.11 bits per heavy atom. The van der Waals surface area contributed by atoms with Crippen molar-refractivity contribution in [2.75, 3.05) is 7.11 Å². The van der Waals surface area contributed by atoms with Crippen LogP contribution in [0.25, 0.3) is 0 Å². The molecule has 0 radical (unpaired) electrons. The number of hydrogen-bond acceptors (Lipinski definition) is 3. The molecule has 1 rings (SSSR count). The Morgan fingerprint density at radius 1 is 1.11 bits per heavy atom. The fourth-order valence-corrected chi connectivity index (χ4v) is 2.02. The van der Waals surface area contributed by atoms with Crippen molar-refractivity contribution in [3.05, 3.63) is 33.9 Å². The van der Waals surface area contributed by atoms with E-state index in [-0.39, 0.29) is 12.3 Å². The summed E-state index contributed by atoms with van der Waals surface area (Å²) in [5, 5.41) is 2.76. The second kappa shape index (κ2) is 6.36. The highest BCUT2D eigenvalue weighted by Crippen LogP contribution is 2.21. The lowest BCUT2D eigenvalue weighted by Crippen LogP contribution is -2.26.